The van der Waals surface area contributed by atoms with E-state index in [9.17, 15) is 0 Å². The van der Waals surface area contributed by atoms with Gasteiger partial charge in [-0.3, -0.25) is 4.98 Å². The van der Waals surface area contributed by atoms with Crippen molar-refractivity contribution in [3.8, 4) is 11.1 Å². The van der Waals surface area contributed by atoms with Crippen LogP contribution < -0.4 is 0 Å². The van der Waals surface area contributed by atoms with Crippen molar-refractivity contribution in [2.45, 2.75) is 0 Å². The summed E-state index contributed by atoms with van der Waals surface area (Å²) in [4.78, 5) is 8.06. The Labute approximate surface area is 176 Å². The average Bonchev–Trinajstić information content (AvgIpc) is 3.38. The van der Waals surface area contributed by atoms with Crippen molar-refractivity contribution in [2.75, 3.05) is 0 Å². The first kappa shape index (κ1) is 16.1. The van der Waals surface area contributed by atoms with Crippen molar-refractivity contribution in [3.05, 3.63) is 91.3 Å². The van der Waals surface area contributed by atoms with Gasteiger partial charge < -0.3 is 4.98 Å². The van der Waals surface area contributed by atoms with Crippen molar-refractivity contribution in [1.82, 2.24) is 9.97 Å². The highest BCUT2D eigenvalue weighted by Crippen LogP contribution is 2.45. The van der Waals surface area contributed by atoms with E-state index in [4.69, 9.17) is 0 Å². The molecule has 7 aromatic rings. The quantitative estimate of drug-likeness (QED) is 0.298. The number of thiophene rings is 1. The lowest BCUT2D eigenvalue weighted by atomic mass is 9.98. The molecular formula is C27H16N2S. The van der Waals surface area contributed by atoms with Gasteiger partial charge in [-0.2, -0.15) is 0 Å². The first-order chi connectivity index (χ1) is 14.9. The van der Waals surface area contributed by atoms with Crippen LogP contribution in [0.4, 0.5) is 0 Å². The molecule has 3 aromatic heterocycles. The Bertz CT molecular complexity index is 1740. The highest BCUT2D eigenvalue weighted by molar-refractivity contribution is 7.27. The molecule has 1 N–H and O–H groups in total. The maximum atomic E-state index is 4.28. The second kappa shape index (κ2) is 5.91. The maximum Gasteiger partial charge on any atom is 0.0653 e. The maximum absolute atomic E-state index is 4.28. The van der Waals surface area contributed by atoms with Gasteiger partial charge in [-0.25, -0.2) is 0 Å². The summed E-state index contributed by atoms with van der Waals surface area (Å²) < 4.78 is 2.67. The minimum Gasteiger partial charge on any atom is -0.353 e. The van der Waals surface area contributed by atoms with E-state index < -0.39 is 0 Å². The SMILES string of the molecule is c1cncc(-c2ccc3c(c2)[nH]c2c4sc5ccccc5c4c4ccccc4c32)c1. The van der Waals surface area contributed by atoms with E-state index in [2.05, 4.69) is 82.8 Å². The summed E-state index contributed by atoms with van der Waals surface area (Å²) in [5.41, 5.74) is 4.72. The van der Waals surface area contributed by atoms with E-state index in [-0.39, 0.29) is 0 Å². The van der Waals surface area contributed by atoms with Gasteiger partial charge in [-0.15, -0.1) is 11.3 Å². The molecule has 3 heteroatoms. The first-order valence-electron chi connectivity index (χ1n) is 10.1. The van der Waals surface area contributed by atoms with Gasteiger partial charge in [-0.1, -0.05) is 60.7 Å². The molecule has 4 aromatic carbocycles. The minimum atomic E-state index is 1.13. The molecular weight excluding hydrogens is 384 g/mol. The molecule has 2 nitrogen and oxygen atoms in total. The summed E-state index contributed by atoms with van der Waals surface area (Å²) in [6, 6.07) is 28.3. The third-order valence-corrected chi connectivity index (χ3v) is 7.27. The zero-order valence-corrected chi connectivity index (χ0v) is 16.8. The molecule has 0 aliphatic carbocycles. The number of nitrogens with zero attached hydrogens (tertiary/aromatic N) is 1. The second-order valence-electron chi connectivity index (χ2n) is 7.72. The fraction of sp³-hybridized carbons (Fsp3) is 0. The van der Waals surface area contributed by atoms with Gasteiger partial charge in [0.2, 0.25) is 0 Å². The lowest BCUT2D eigenvalue weighted by Gasteiger charge is -2.04. The predicted molar refractivity (Wildman–Crippen MR) is 129 cm³/mol. The highest BCUT2D eigenvalue weighted by atomic mass is 32.1. The zero-order chi connectivity index (χ0) is 19.7. The molecule has 0 saturated heterocycles. The fourth-order valence-corrected chi connectivity index (χ4v) is 5.99. The summed E-state index contributed by atoms with van der Waals surface area (Å²) in [5, 5.41) is 7.92. The highest BCUT2D eigenvalue weighted by Gasteiger charge is 2.17. The normalized spacial score (nSPS) is 12.0. The van der Waals surface area contributed by atoms with Crippen LogP contribution in [-0.4, -0.2) is 9.97 Å². The van der Waals surface area contributed by atoms with Crippen LogP contribution in [-0.2, 0) is 0 Å². The Balaban J connectivity index is 1.69. The van der Waals surface area contributed by atoms with E-state index in [0.717, 1.165) is 5.56 Å². The van der Waals surface area contributed by atoms with Gasteiger partial charge in [0.15, 0.2) is 0 Å². The van der Waals surface area contributed by atoms with E-state index in [1.807, 2.05) is 29.8 Å². The number of H-pyrrole nitrogens is 1. The summed E-state index contributed by atoms with van der Waals surface area (Å²) in [5.74, 6) is 0. The van der Waals surface area contributed by atoms with Gasteiger partial charge in [0, 0.05) is 49.7 Å². The number of pyridine rings is 1. The topological polar surface area (TPSA) is 28.7 Å². The van der Waals surface area contributed by atoms with Crippen molar-refractivity contribution in [2.24, 2.45) is 0 Å². The van der Waals surface area contributed by atoms with Gasteiger partial charge in [0.05, 0.1) is 10.2 Å². The number of hydrogen-bond donors (Lipinski definition) is 1. The predicted octanol–water partition coefficient (Wildman–Crippen LogP) is 7.90. The standard InChI is InChI=1S/C27H16N2S/c1-2-8-19-18(7-1)24-20-12-11-16(17-6-5-13-28-15-17)14-22(20)29-26(24)27-25(19)21-9-3-4-10-23(21)30-27/h1-15,29H. The molecule has 3 heterocycles. The number of aromatic amines is 1. The molecule has 7 rings (SSSR count). The number of nitrogens with one attached hydrogen (secondary N) is 1. The molecule has 0 fully saturated rings. The van der Waals surface area contributed by atoms with E-state index in [0.29, 0.717) is 0 Å². The molecule has 0 radical (unpaired) electrons. The average molecular weight is 401 g/mol. The van der Waals surface area contributed by atoms with Crippen molar-refractivity contribution in [3.63, 3.8) is 0 Å². The van der Waals surface area contributed by atoms with Gasteiger partial charge >= 0.3 is 0 Å². The monoisotopic (exact) mass is 400 g/mol. The van der Waals surface area contributed by atoms with Gasteiger partial charge in [-0.05, 0) is 34.5 Å². The number of benzene rings is 4. The lowest BCUT2D eigenvalue weighted by Crippen LogP contribution is -1.79. The summed E-state index contributed by atoms with van der Waals surface area (Å²) >= 11 is 1.88. The van der Waals surface area contributed by atoms with E-state index in [1.54, 1.807) is 0 Å². The van der Waals surface area contributed by atoms with Crippen LogP contribution in [0, 0.1) is 0 Å². The van der Waals surface area contributed by atoms with Crippen LogP contribution in [0.2, 0.25) is 0 Å². The summed E-state index contributed by atoms with van der Waals surface area (Å²) in [6.45, 7) is 0. The summed E-state index contributed by atoms with van der Waals surface area (Å²) in [7, 11) is 0. The molecule has 0 saturated carbocycles. The van der Waals surface area contributed by atoms with Crippen LogP contribution in [0.3, 0.4) is 0 Å². The smallest absolute Gasteiger partial charge is 0.0653 e. The molecule has 0 amide bonds. The number of hydrogen-bond acceptors (Lipinski definition) is 2. The Morgan fingerprint density at radius 2 is 1.47 bits per heavy atom. The third kappa shape index (κ3) is 2.10. The Morgan fingerprint density at radius 1 is 0.667 bits per heavy atom. The summed E-state index contributed by atoms with van der Waals surface area (Å²) in [6.07, 6.45) is 3.73. The number of aromatic nitrogens is 2. The van der Waals surface area contributed by atoms with Crippen molar-refractivity contribution >= 4 is 64.1 Å². The van der Waals surface area contributed by atoms with Crippen LogP contribution in [0.1, 0.15) is 0 Å². The van der Waals surface area contributed by atoms with Crippen LogP contribution in [0.15, 0.2) is 91.3 Å². The minimum absolute atomic E-state index is 1.13. The molecule has 0 bridgehead atoms. The van der Waals surface area contributed by atoms with E-state index in [1.165, 1.54) is 58.3 Å². The van der Waals surface area contributed by atoms with E-state index >= 15 is 0 Å². The Hall–Kier alpha value is -3.69. The van der Waals surface area contributed by atoms with Crippen molar-refractivity contribution < 1.29 is 0 Å². The lowest BCUT2D eigenvalue weighted by molar-refractivity contribution is 1.33. The van der Waals surface area contributed by atoms with Crippen molar-refractivity contribution in [1.29, 1.82) is 0 Å². The second-order valence-corrected chi connectivity index (χ2v) is 8.78. The molecule has 30 heavy (non-hydrogen) atoms. The molecule has 0 aliphatic heterocycles. The molecule has 140 valence electrons. The molecule has 0 spiro atoms. The Kier molecular flexibility index (Phi) is 3.18. The fourth-order valence-electron chi connectivity index (χ4n) is 4.77. The van der Waals surface area contributed by atoms with Crippen LogP contribution in [0.5, 0.6) is 0 Å². The Morgan fingerprint density at radius 3 is 2.30 bits per heavy atom. The number of fused-ring (bicyclic) bond motifs is 10. The van der Waals surface area contributed by atoms with Crippen LogP contribution in [0.25, 0.3) is 63.9 Å². The van der Waals surface area contributed by atoms with Gasteiger partial charge in [0.25, 0.3) is 0 Å². The van der Waals surface area contributed by atoms with Gasteiger partial charge in [0.1, 0.15) is 0 Å². The molecule has 0 aliphatic rings. The molecule has 0 unspecified atom stereocenters. The zero-order valence-electron chi connectivity index (χ0n) is 16.0. The van der Waals surface area contributed by atoms with Crippen LogP contribution >= 0.6 is 11.3 Å². The third-order valence-electron chi connectivity index (χ3n) is 6.08. The largest absolute Gasteiger partial charge is 0.353 e. The molecule has 0 atom stereocenters. The number of rotatable bonds is 1. The first-order valence-corrected chi connectivity index (χ1v) is 10.9.